The summed E-state index contributed by atoms with van der Waals surface area (Å²) in [5.41, 5.74) is 3.14. The Kier molecular flexibility index (Phi) is 5.31. The van der Waals surface area contributed by atoms with Gasteiger partial charge >= 0.3 is 0 Å². The highest BCUT2D eigenvalue weighted by molar-refractivity contribution is 5.62. The molecule has 1 aliphatic heterocycles. The molecule has 1 atom stereocenters. The molecule has 4 nitrogen and oxygen atoms in total. The fraction of sp³-hybridized carbons (Fsp3) is 0.400. The predicted octanol–water partition coefficient (Wildman–Crippen LogP) is 4.27. The molecule has 0 saturated carbocycles. The fourth-order valence-corrected chi connectivity index (χ4v) is 3.11. The third kappa shape index (κ3) is 4.16. The van der Waals surface area contributed by atoms with Crippen molar-refractivity contribution in [3.63, 3.8) is 0 Å². The molecule has 5 heteroatoms. The van der Waals surface area contributed by atoms with Crippen LogP contribution in [-0.2, 0) is 0 Å². The Bertz CT molecular complexity index is 718. The molecule has 1 fully saturated rings. The third-order valence-corrected chi connectivity index (χ3v) is 4.87. The topological polar surface area (TPSA) is 32.3 Å². The highest BCUT2D eigenvalue weighted by atomic mass is 19.1. The van der Waals surface area contributed by atoms with Crippen molar-refractivity contribution < 1.29 is 4.39 Å². The van der Waals surface area contributed by atoms with Crippen LogP contribution in [0.1, 0.15) is 43.9 Å². The van der Waals surface area contributed by atoms with Crippen LogP contribution in [0, 0.1) is 5.95 Å². The standard InChI is InChI=1S/C20H25FN4/c1-15(17-6-8-19(21)22-12-17)14-24(3)16(2)18-7-9-20(23-13-18)25-10-4-5-11-25/h6-9,12-14,16H,4-5,10-11H2,1-3H3/b15-14+. The molecule has 0 aromatic carbocycles. The maximum Gasteiger partial charge on any atom is 0.212 e. The van der Waals surface area contributed by atoms with E-state index in [4.69, 9.17) is 0 Å². The Morgan fingerprint density at radius 1 is 1.16 bits per heavy atom. The highest BCUT2D eigenvalue weighted by Gasteiger charge is 2.15. The van der Waals surface area contributed by atoms with Crippen LogP contribution in [0.25, 0.3) is 5.57 Å². The molecule has 0 radical (unpaired) electrons. The van der Waals surface area contributed by atoms with Gasteiger partial charge in [0.25, 0.3) is 0 Å². The van der Waals surface area contributed by atoms with Gasteiger partial charge in [-0.25, -0.2) is 9.97 Å². The van der Waals surface area contributed by atoms with E-state index in [-0.39, 0.29) is 6.04 Å². The molecule has 0 spiro atoms. The SMILES string of the molecule is C/C(=C\N(C)C(C)c1ccc(N2CCCC2)nc1)c1ccc(F)nc1. The fourth-order valence-electron chi connectivity index (χ4n) is 3.11. The Labute approximate surface area is 149 Å². The van der Waals surface area contributed by atoms with Crippen LogP contribution in [0.15, 0.2) is 42.9 Å². The van der Waals surface area contributed by atoms with Gasteiger partial charge in [0.2, 0.25) is 5.95 Å². The minimum Gasteiger partial charge on any atom is -0.373 e. The van der Waals surface area contributed by atoms with Crippen molar-refractivity contribution in [3.8, 4) is 0 Å². The summed E-state index contributed by atoms with van der Waals surface area (Å²) in [6.07, 6.45) is 8.10. The number of halogens is 1. The molecular weight excluding hydrogens is 315 g/mol. The lowest BCUT2D eigenvalue weighted by Gasteiger charge is -2.25. The first-order chi connectivity index (χ1) is 12.0. The number of rotatable bonds is 5. The number of allylic oxidation sites excluding steroid dienone is 1. The van der Waals surface area contributed by atoms with Gasteiger partial charge in [0.15, 0.2) is 0 Å². The number of hydrogen-bond donors (Lipinski definition) is 0. The summed E-state index contributed by atoms with van der Waals surface area (Å²) in [5, 5.41) is 0. The van der Waals surface area contributed by atoms with Crippen molar-refractivity contribution in [1.29, 1.82) is 0 Å². The summed E-state index contributed by atoms with van der Waals surface area (Å²) in [6, 6.07) is 7.61. The summed E-state index contributed by atoms with van der Waals surface area (Å²) < 4.78 is 13.0. The molecule has 2 aromatic rings. The number of nitrogens with zero attached hydrogens (tertiary/aromatic N) is 4. The third-order valence-electron chi connectivity index (χ3n) is 4.87. The summed E-state index contributed by atoms with van der Waals surface area (Å²) >= 11 is 0. The van der Waals surface area contributed by atoms with E-state index >= 15 is 0 Å². The average molecular weight is 340 g/mol. The van der Waals surface area contributed by atoms with Crippen LogP contribution in [0.2, 0.25) is 0 Å². The van der Waals surface area contributed by atoms with E-state index in [2.05, 4.69) is 45.0 Å². The first kappa shape index (κ1) is 17.4. The molecule has 0 amide bonds. The van der Waals surface area contributed by atoms with E-state index in [1.54, 1.807) is 12.3 Å². The van der Waals surface area contributed by atoms with Crippen molar-refractivity contribution in [1.82, 2.24) is 14.9 Å². The number of anilines is 1. The zero-order valence-electron chi connectivity index (χ0n) is 15.1. The normalized spacial score (nSPS) is 16.2. The molecule has 25 heavy (non-hydrogen) atoms. The van der Waals surface area contributed by atoms with E-state index in [9.17, 15) is 4.39 Å². The second kappa shape index (κ2) is 7.64. The van der Waals surface area contributed by atoms with Crippen molar-refractivity contribution in [2.75, 3.05) is 25.0 Å². The second-order valence-electron chi connectivity index (χ2n) is 6.67. The lowest BCUT2D eigenvalue weighted by atomic mass is 10.1. The van der Waals surface area contributed by atoms with Crippen LogP contribution in [0.3, 0.4) is 0 Å². The van der Waals surface area contributed by atoms with Crippen molar-refractivity contribution in [2.24, 2.45) is 0 Å². The van der Waals surface area contributed by atoms with Crippen molar-refractivity contribution in [3.05, 3.63) is 59.9 Å². The predicted molar refractivity (Wildman–Crippen MR) is 99.7 cm³/mol. The zero-order valence-corrected chi connectivity index (χ0v) is 15.1. The van der Waals surface area contributed by atoms with Crippen LogP contribution in [0.5, 0.6) is 0 Å². The van der Waals surface area contributed by atoms with Gasteiger partial charge in [-0.15, -0.1) is 0 Å². The van der Waals surface area contributed by atoms with Crippen molar-refractivity contribution >= 4 is 11.4 Å². The lowest BCUT2D eigenvalue weighted by molar-refractivity contribution is 0.361. The maximum absolute atomic E-state index is 13.0. The van der Waals surface area contributed by atoms with Gasteiger partial charge in [0.1, 0.15) is 5.82 Å². The van der Waals surface area contributed by atoms with E-state index < -0.39 is 5.95 Å². The van der Waals surface area contributed by atoms with Crippen molar-refractivity contribution in [2.45, 2.75) is 32.7 Å². The van der Waals surface area contributed by atoms with E-state index in [1.807, 2.05) is 20.2 Å². The van der Waals surface area contributed by atoms with Gasteiger partial charge in [-0.05, 0) is 61.6 Å². The zero-order chi connectivity index (χ0) is 17.8. The first-order valence-corrected chi connectivity index (χ1v) is 8.78. The summed E-state index contributed by atoms with van der Waals surface area (Å²) in [5.74, 6) is 0.614. The lowest BCUT2D eigenvalue weighted by Crippen LogP contribution is -2.20. The smallest absolute Gasteiger partial charge is 0.212 e. The minimum absolute atomic E-state index is 0.198. The van der Waals surface area contributed by atoms with Gasteiger partial charge in [-0.2, -0.15) is 4.39 Å². The molecule has 3 rings (SSSR count). The summed E-state index contributed by atoms with van der Waals surface area (Å²) in [6.45, 7) is 6.37. The monoisotopic (exact) mass is 340 g/mol. The van der Waals surface area contributed by atoms with Gasteiger partial charge in [0, 0.05) is 38.7 Å². The quantitative estimate of drug-likeness (QED) is 0.761. The van der Waals surface area contributed by atoms with Gasteiger partial charge in [-0.1, -0.05) is 6.07 Å². The van der Waals surface area contributed by atoms with Gasteiger partial charge in [0.05, 0.1) is 6.04 Å². The van der Waals surface area contributed by atoms with Gasteiger partial charge in [-0.3, -0.25) is 0 Å². The number of pyridine rings is 2. The van der Waals surface area contributed by atoms with Crippen LogP contribution in [-0.4, -0.2) is 35.0 Å². The molecule has 1 saturated heterocycles. The Balaban J connectivity index is 1.69. The molecule has 0 bridgehead atoms. The molecule has 1 aliphatic rings. The average Bonchev–Trinajstić information content (AvgIpc) is 3.16. The minimum atomic E-state index is -0.456. The molecule has 0 aliphatic carbocycles. The van der Waals surface area contributed by atoms with Gasteiger partial charge < -0.3 is 9.80 Å². The largest absolute Gasteiger partial charge is 0.373 e. The van der Waals surface area contributed by atoms with E-state index in [1.165, 1.54) is 24.5 Å². The van der Waals surface area contributed by atoms with Crippen LogP contribution >= 0.6 is 0 Å². The van der Waals surface area contributed by atoms with Crippen LogP contribution in [0.4, 0.5) is 10.2 Å². The Morgan fingerprint density at radius 2 is 1.92 bits per heavy atom. The Hall–Kier alpha value is -2.43. The molecule has 1 unspecified atom stereocenters. The van der Waals surface area contributed by atoms with Crippen LogP contribution < -0.4 is 4.90 Å². The molecule has 3 heterocycles. The molecular formula is C20H25FN4. The molecule has 132 valence electrons. The highest BCUT2D eigenvalue weighted by Crippen LogP contribution is 2.24. The van der Waals surface area contributed by atoms with E-state index in [0.717, 1.165) is 30.0 Å². The Morgan fingerprint density at radius 3 is 2.52 bits per heavy atom. The summed E-state index contributed by atoms with van der Waals surface area (Å²) in [7, 11) is 2.04. The molecule has 0 N–H and O–H groups in total. The van der Waals surface area contributed by atoms with E-state index in [0.29, 0.717) is 0 Å². The first-order valence-electron chi connectivity index (χ1n) is 8.78. The number of hydrogen-bond acceptors (Lipinski definition) is 4. The number of aromatic nitrogens is 2. The summed E-state index contributed by atoms with van der Waals surface area (Å²) in [4.78, 5) is 12.8. The maximum atomic E-state index is 13.0. The second-order valence-corrected chi connectivity index (χ2v) is 6.67. The molecule has 2 aromatic heterocycles.